The first-order valence-electron chi connectivity index (χ1n) is 8.29. The van der Waals surface area contributed by atoms with Gasteiger partial charge in [0.1, 0.15) is 5.75 Å². The lowest BCUT2D eigenvalue weighted by molar-refractivity contribution is -0.149. The van der Waals surface area contributed by atoms with Gasteiger partial charge in [0.2, 0.25) is 0 Å². The monoisotopic (exact) mass is 377 g/mol. The zero-order valence-electron chi connectivity index (χ0n) is 15.3. The summed E-state index contributed by atoms with van der Waals surface area (Å²) in [6.45, 7) is 5.35. The number of nitrogens with one attached hydrogen (secondary N) is 1. The van der Waals surface area contributed by atoms with Gasteiger partial charge in [-0.2, -0.15) is 0 Å². The Balaban J connectivity index is 1.75. The van der Waals surface area contributed by atoms with Gasteiger partial charge in [0, 0.05) is 11.8 Å². The number of carbonyl (C=O) groups is 2. The maximum absolute atomic E-state index is 13.1. The van der Waals surface area contributed by atoms with Crippen molar-refractivity contribution in [3.8, 4) is 5.75 Å². The highest BCUT2D eigenvalue weighted by atomic mass is 19.2. The first-order valence-corrected chi connectivity index (χ1v) is 8.29. The van der Waals surface area contributed by atoms with E-state index in [4.69, 9.17) is 9.47 Å². The van der Waals surface area contributed by atoms with E-state index < -0.39 is 30.1 Å². The van der Waals surface area contributed by atoms with Crippen molar-refractivity contribution in [2.45, 2.75) is 26.2 Å². The van der Waals surface area contributed by atoms with Gasteiger partial charge in [-0.1, -0.05) is 32.9 Å². The average molecular weight is 377 g/mol. The van der Waals surface area contributed by atoms with Crippen molar-refractivity contribution >= 4 is 17.6 Å². The Bertz CT molecular complexity index is 814. The lowest BCUT2D eigenvalue weighted by atomic mass is 9.87. The van der Waals surface area contributed by atoms with Gasteiger partial charge in [-0.05, 0) is 35.2 Å². The molecule has 0 unspecified atom stereocenters. The van der Waals surface area contributed by atoms with E-state index in [0.717, 1.165) is 17.7 Å². The molecule has 0 aliphatic carbocycles. The molecule has 144 valence electrons. The van der Waals surface area contributed by atoms with Gasteiger partial charge < -0.3 is 14.8 Å². The quantitative estimate of drug-likeness (QED) is 0.778. The summed E-state index contributed by atoms with van der Waals surface area (Å²) < 4.78 is 36.0. The number of amides is 1. The van der Waals surface area contributed by atoms with Crippen LogP contribution in [-0.4, -0.2) is 25.1 Å². The molecular weight excluding hydrogens is 356 g/mol. The van der Waals surface area contributed by atoms with E-state index in [1.807, 2.05) is 12.1 Å². The summed E-state index contributed by atoms with van der Waals surface area (Å²) in [7, 11) is 0. The van der Waals surface area contributed by atoms with Crippen LogP contribution in [0.5, 0.6) is 5.75 Å². The topological polar surface area (TPSA) is 64.6 Å². The first kappa shape index (κ1) is 20.4. The fourth-order valence-corrected chi connectivity index (χ4v) is 2.15. The number of esters is 1. The van der Waals surface area contributed by atoms with Gasteiger partial charge in [0.15, 0.2) is 24.8 Å². The van der Waals surface area contributed by atoms with Crippen molar-refractivity contribution < 1.29 is 27.8 Å². The van der Waals surface area contributed by atoms with Crippen molar-refractivity contribution in [2.75, 3.05) is 18.5 Å². The molecule has 0 aliphatic heterocycles. The minimum atomic E-state index is -1.09. The lowest BCUT2D eigenvalue weighted by Gasteiger charge is -2.19. The van der Waals surface area contributed by atoms with Crippen LogP contribution < -0.4 is 10.1 Å². The van der Waals surface area contributed by atoms with Crippen molar-refractivity contribution in [1.82, 2.24) is 0 Å². The third kappa shape index (κ3) is 6.36. The molecule has 0 spiro atoms. The van der Waals surface area contributed by atoms with Gasteiger partial charge in [-0.15, -0.1) is 0 Å². The molecule has 2 rings (SSSR count). The Morgan fingerprint density at radius 1 is 0.963 bits per heavy atom. The highest BCUT2D eigenvalue weighted by molar-refractivity contribution is 5.92. The van der Waals surface area contributed by atoms with Gasteiger partial charge in [-0.3, -0.25) is 4.79 Å². The fraction of sp³-hybridized carbons (Fsp3) is 0.300. The number of carbonyl (C=O) groups excluding carboxylic acids is 2. The first-order chi connectivity index (χ1) is 12.6. The van der Waals surface area contributed by atoms with Crippen LogP contribution in [0, 0.1) is 11.6 Å². The fourth-order valence-electron chi connectivity index (χ4n) is 2.15. The molecule has 5 nitrogen and oxygen atoms in total. The van der Waals surface area contributed by atoms with Gasteiger partial charge >= 0.3 is 5.97 Å². The molecule has 7 heteroatoms. The average Bonchev–Trinajstić information content (AvgIpc) is 2.61. The summed E-state index contributed by atoms with van der Waals surface area (Å²) in [4.78, 5) is 23.3. The molecule has 1 N–H and O–H groups in total. The predicted molar refractivity (Wildman–Crippen MR) is 96.6 cm³/mol. The maximum Gasteiger partial charge on any atom is 0.344 e. The predicted octanol–water partition coefficient (Wildman–Crippen LogP) is 3.82. The SMILES string of the molecule is CC(C)(C)c1ccc(OCC(=O)OCC(=O)Nc2ccc(F)c(F)c2)cc1. The van der Waals surface area contributed by atoms with Crippen LogP contribution in [0.3, 0.4) is 0 Å². The molecule has 2 aromatic rings. The van der Waals surface area contributed by atoms with Crippen LogP contribution in [-0.2, 0) is 19.7 Å². The number of ether oxygens (including phenoxy) is 2. The standard InChI is InChI=1S/C20H21F2NO4/c1-20(2,3)13-4-7-15(8-5-13)26-12-19(25)27-11-18(24)23-14-6-9-16(21)17(22)10-14/h4-10H,11-12H2,1-3H3,(H,23,24). The van der Waals surface area contributed by atoms with Gasteiger partial charge in [0.25, 0.3) is 5.91 Å². The smallest absolute Gasteiger partial charge is 0.344 e. The third-order valence-electron chi connectivity index (χ3n) is 3.64. The van der Waals surface area contributed by atoms with E-state index >= 15 is 0 Å². The maximum atomic E-state index is 13.1. The van der Waals surface area contributed by atoms with E-state index in [2.05, 4.69) is 26.1 Å². The van der Waals surface area contributed by atoms with E-state index in [9.17, 15) is 18.4 Å². The molecule has 0 heterocycles. The Morgan fingerprint density at radius 2 is 1.63 bits per heavy atom. The van der Waals surface area contributed by atoms with E-state index in [0.29, 0.717) is 5.75 Å². The van der Waals surface area contributed by atoms with Crippen molar-refractivity contribution in [2.24, 2.45) is 0 Å². The Labute approximate surface area is 156 Å². The number of hydrogen-bond acceptors (Lipinski definition) is 4. The van der Waals surface area contributed by atoms with E-state index in [-0.39, 0.29) is 17.7 Å². The Morgan fingerprint density at radius 3 is 2.22 bits per heavy atom. The molecule has 2 aromatic carbocycles. The number of benzene rings is 2. The second-order valence-electron chi connectivity index (χ2n) is 6.90. The van der Waals surface area contributed by atoms with Crippen LogP contribution in [0.25, 0.3) is 0 Å². The van der Waals surface area contributed by atoms with Crippen molar-refractivity contribution in [3.05, 3.63) is 59.7 Å². The minimum absolute atomic E-state index is 0.0122. The molecule has 1 amide bonds. The Hall–Kier alpha value is -2.96. The van der Waals surface area contributed by atoms with Gasteiger partial charge in [0.05, 0.1) is 0 Å². The summed E-state index contributed by atoms with van der Waals surface area (Å²) in [6, 6.07) is 10.2. The van der Waals surface area contributed by atoms with Crippen molar-refractivity contribution in [1.29, 1.82) is 0 Å². The van der Waals surface area contributed by atoms with Crippen LogP contribution in [0.1, 0.15) is 26.3 Å². The second kappa shape index (κ2) is 8.62. The third-order valence-corrected chi connectivity index (χ3v) is 3.64. The highest BCUT2D eigenvalue weighted by Gasteiger charge is 2.14. The summed E-state index contributed by atoms with van der Waals surface area (Å²) in [5.74, 6) is -3.01. The number of anilines is 1. The molecule has 0 saturated heterocycles. The molecule has 0 atom stereocenters. The van der Waals surface area contributed by atoms with Crippen LogP contribution in [0.4, 0.5) is 14.5 Å². The largest absolute Gasteiger partial charge is 0.482 e. The molecule has 27 heavy (non-hydrogen) atoms. The molecular formula is C20H21F2NO4. The van der Waals surface area contributed by atoms with E-state index in [1.165, 1.54) is 6.07 Å². The van der Waals surface area contributed by atoms with Crippen molar-refractivity contribution in [3.63, 3.8) is 0 Å². The summed E-state index contributed by atoms with van der Waals surface area (Å²) in [5, 5.41) is 2.30. The number of rotatable bonds is 6. The summed E-state index contributed by atoms with van der Waals surface area (Å²) in [6.07, 6.45) is 0. The summed E-state index contributed by atoms with van der Waals surface area (Å²) in [5.41, 5.74) is 1.20. The lowest BCUT2D eigenvalue weighted by Crippen LogP contribution is -2.23. The highest BCUT2D eigenvalue weighted by Crippen LogP contribution is 2.24. The second-order valence-corrected chi connectivity index (χ2v) is 6.90. The zero-order chi connectivity index (χ0) is 20.0. The molecule has 0 saturated carbocycles. The number of hydrogen-bond donors (Lipinski definition) is 1. The molecule has 0 fully saturated rings. The van der Waals surface area contributed by atoms with E-state index in [1.54, 1.807) is 12.1 Å². The summed E-state index contributed by atoms with van der Waals surface area (Å²) >= 11 is 0. The number of halogens is 2. The minimum Gasteiger partial charge on any atom is -0.482 e. The van der Waals surface area contributed by atoms with Crippen LogP contribution in [0.15, 0.2) is 42.5 Å². The van der Waals surface area contributed by atoms with Gasteiger partial charge in [-0.25, -0.2) is 13.6 Å². The Kier molecular flexibility index (Phi) is 6.50. The molecule has 0 radical (unpaired) electrons. The normalized spacial score (nSPS) is 11.0. The van der Waals surface area contributed by atoms with Crippen LogP contribution in [0.2, 0.25) is 0 Å². The zero-order valence-corrected chi connectivity index (χ0v) is 15.3. The van der Waals surface area contributed by atoms with Crippen LogP contribution >= 0.6 is 0 Å². The molecule has 0 bridgehead atoms. The molecule has 0 aromatic heterocycles. The molecule has 0 aliphatic rings.